The van der Waals surface area contributed by atoms with E-state index in [1.807, 2.05) is 42.3 Å². The number of benzene rings is 1. The van der Waals surface area contributed by atoms with Crippen molar-refractivity contribution in [1.29, 1.82) is 0 Å². The molecule has 0 radical (unpaired) electrons. The zero-order valence-corrected chi connectivity index (χ0v) is 18.8. The van der Waals surface area contributed by atoms with Gasteiger partial charge in [-0.3, -0.25) is 9.69 Å². The summed E-state index contributed by atoms with van der Waals surface area (Å²) in [6, 6.07) is 9.52. The fourth-order valence-electron chi connectivity index (χ4n) is 4.30. The van der Waals surface area contributed by atoms with E-state index in [2.05, 4.69) is 19.8 Å². The second kappa shape index (κ2) is 10.1. The number of nitrogens with two attached hydrogens (primary N) is 1. The van der Waals surface area contributed by atoms with Gasteiger partial charge in [0.1, 0.15) is 12.3 Å². The molecule has 0 aliphatic carbocycles. The van der Waals surface area contributed by atoms with Gasteiger partial charge >= 0.3 is 12.0 Å². The Morgan fingerprint density at radius 1 is 1.12 bits per heavy atom. The number of likely N-dealkylation sites (tertiary alicyclic amines) is 1. The molecule has 3 N–H and O–H groups in total. The molecule has 2 fully saturated rings. The van der Waals surface area contributed by atoms with Crippen LogP contribution in [0.25, 0.3) is 0 Å². The number of carbonyl (C=O) groups excluding carboxylic acids is 1. The van der Waals surface area contributed by atoms with Gasteiger partial charge in [0, 0.05) is 37.8 Å². The van der Waals surface area contributed by atoms with Gasteiger partial charge in [0.2, 0.25) is 0 Å². The number of hydrogen-bond donors (Lipinski definition) is 2. The van der Waals surface area contributed by atoms with Gasteiger partial charge in [-0.1, -0.05) is 30.3 Å². The summed E-state index contributed by atoms with van der Waals surface area (Å²) in [4.78, 5) is 39.0. The molecule has 1 aromatic carbocycles. The van der Waals surface area contributed by atoms with Crippen LogP contribution in [0.15, 0.2) is 30.3 Å². The normalized spacial score (nSPS) is 19.5. The minimum Gasteiger partial charge on any atom is -0.476 e. The van der Waals surface area contributed by atoms with Gasteiger partial charge in [-0.25, -0.2) is 4.79 Å². The van der Waals surface area contributed by atoms with Crippen molar-refractivity contribution in [1.82, 2.24) is 19.8 Å². The number of hydrogen-bond acceptors (Lipinski definition) is 9. The molecule has 0 saturated carbocycles. The largest absolute Gasteiger partial charge is 0.476 e. The summed E-state index contributed by atoms with van der Waals surface area (Å²) in [5.74, 6) is -0.774. The van der Waals surface area contributed by atoms with Crippen LogP contribution in [0, 0.1) is 0 Å². The minimum atomic E-state index is -1.22. The summed E-state index contributed by atoms with van der Waals surface area (Å²) in [7, 11) is 2.04. The summed E-state index contributed by atoms with van der Waals surface area (Å²) in [5, 5.41) is 9.59. The fraction of sp³-hybridized carbons (Fsp3) is 0.478. The Balaban J connectivity index is 1.42. The van der Waals surface area contributed by atoms with Crippen LogP contribution in [0.5, 0.6) is 6.01 Å². The van der Waals surface area contributed by atoms with E-state index in [1.54, 1.807) is 0 Å². The lowest BCUT2D eigenvalue weighted by Crippen LogP contribution is -2.48. The van der Waals surface area contributed by atoms with Crippen molar-refractivity contribution >= 4 is 23.3 Å². The molecule has 3 heterocycles. The van der Waals surface area contributed by atoms with Crippen LogP contribution >= 0.6 is 0 Å². The third-order valence-electron chi connectivity index (χ3n) is 6.32. The van der Waals surface area contributed by atoms with E-state index in [-0.39, 0.29) is 29.2 Å². The van der Waals surface area contributed by atoms with Crippen molar-refractivity contribution in [3.05, 3.63) is 41.6 Å². The van der Waals surface area contributed by atoms with Crippen LogP contribution in [0.4, 0.5) is 11.5 Å². The molecule has 10 heteroatoms. The van der Waals surface area contributed by atoms with E-state index in [0.717, 1.165) is 19.4 Å². The number of carboxylic acid groups (broad SMARTS) is 1. The molecule has 1 atom stereocenters. The number of piperazine rings is 1. The number of carboxylic acids is 1. The standard InChI is InChI=1S/C23H30N6O4/c1-27-9-5-8-17(27)15-33-23-25-20(22(31)32)19(24)21(26-23)29-12-10-28(11-13-29)14-18(30)16-6-3-2-4-7-16/h2-4,6-7,17H,5,8-15,24H2,1H3,(H,31,32)/t17-/m0/s1. The Morgan fingerprint density at radius 3 is 2.48 bits per heavy atom. The second-order valence-electron chi connectivity index (χ2n) is 8.54. The molecule has 0 spiro atoms. The third kappa shape index (κ3) is 5.40. The first-order valence-corrected chi connectivity index (χ1v) is 11.2. The molecule has 10 nitrogen and oxygen atoms in total. The van der Waals surface area contributed by atoms with Crippen LogP contribution < -0.4 is 15.4 Å². The SMILES string of the molecule is CN1CCC[C@H]1COc1nc(C(=O)O)c(N)c(N2CCN(CC(=O)c3ccccc3)CC2)n1. The summed E-state index contributed by atoms with van der Waals surface area (Å²) in [6.45, 7) is 4.13. The Labute approximate surface area is 193 Å². The molecule has 2 aromatic rings. The molecule has 4 rings (SSSR count). The minimum absolute atomic E-state index is 0.0265. The maximum absolute atomic E-state index is 12.5. The van der Waals surface area contributed by atoms with E-state index in [4.69, 9.17) is 10.5 Å². The highest BCUT2D eigenvalue weighted by Crippen LogP contribution is 2.27. The van der Waals surface area contributed by atoms with E-state index < -0.39 is 5.97 Å². The molecular weight excluding hydrogens is 424 g/mol. The molecule has 33 heavy (non-hydrogen) atoms. The average Bonchev–Trinajstić information content (AvgIpc) is 3.24. The molecular formula is C23H30N6O4. The first kappa shape index (κ1) is 22.9. The Kier molecular flexibility index (Phi) is 7.05. The number of rotatable bonds is 8. The lowest BCUT2D eigenvalue weighted by Gasteiger charge is -2.35. The molecule has 2 aliphatic heterocycles. The van der Waals surface area contributed by atoms with Gasteiger partial charge < -0.3 is 25.4 Å². The second-order valence-corrected chi connectivity index (χ2v) is 8.54. The van der Waals surface area contributed by atoms with Crippen molar-refractivity contribution in [2.45, 2.75) is 18.9 Å². The number of aromatic nitrogens is 2. The van der Waals surface area contributed by atoms with Crippen molar-refractivity contribution in [3.63, 3.8) is 0 Å². The number of aromatic carboxylic acids is 1. The number of Topliss-reactive ketones (excluding diaryl/α,β-unsaturated/α-hetero) is 1. The zero-order valence-electron chi connectivity index (χ0n) is 18.8. The number of anilines is 2. The number of ketones is 1. The predicted molar refractivity (Wildman–Crippen MR) is 124 cm³/mol. The highest BCUT2D eigenvalue weighted by Gasteiger charge is 2.27. The fourth-order valence-corrected chi connectivity index (χ4v) is 4.30. The summed E-state index contributed by atoms with van der Waals surface area (Å²) in [5.41, 5.74) is 6.61. The maximum Gasteiger partial charge on any atom is 0.357 e. The molecule has 2 aliphatic rings. The van der Waals surface area contributed by atoms with Crippen molar-refractivity contribution < 1.29 is 19.4 Å². The first-order chi connectivity index (χ1) is 15.9. The smallest absolute Gasteiger partial charge is 0.357 e. The quantitative estimate of drug-likeness (QED) is 0.563. The van der Waals surface area contributed by atoms with Crippen molar-refractivity contribution in [2.24, 2.45) is 0 Å². The van der Waals surface area contributed by atoms with Crippen LogP contribution in [0.1, 0.15) is 33.7 Å². The van der Waals surface area contributed by atoms with Crippen molar-refractivity contribution in [3.8, 4) is 6.01 Å². The van der Waals surface area contributed by atoms with Gasteiger partial charge in [-0.05, 0) is 26.4 Å². The topological polar surface area (TPSA) is 125 Å². The predicted octanol–water partition coefficient (Wildman–Crippen LogP) is 1.23. The van der Waals surface area contributed by atoms with E-state index in [1.165, 1.54) is 0 Å². The molecule has 0 unspecified atom stereocenters. The Bertz CT molecular complexity index is 994. The van der Waals surface area contributed by atoms with Crippen molar-refractivity contribution in [2.75, 3.05) is 63.6 Å². The number of ether oxygens (including phenoxy) is 1. The summed E-state index contributed by atoms with van der Waals surface area (Å²) in [6.07, 6.45) is 2.13. The van der Waals surface area contributed by atoms with Gasteiger partial charge in [0.05, 0.1) is 6.54 Å². The highest BCUT2D eigenvalue weighted by molar-refractivity contribution is 5.97. The molecule has 0 amide bonds. The summed E-state index contributed by atoms with van der Waals surface area (Å²) >= 11 is 0. The van der Waals surface area contributed by atoms with Crippen LogP contribution in [-0.2, 0) is 0 Å². The molecule has 2 saturated heterocycles. The van der Waals surface area contributed by atoms with Gasteiger partial charge in [0.25, 0.3) is 0 Å². The molecule has 176 valence electrons. The first-order valence-electron chi connectivity index (χ1n) is 11.2. The van der Waals surface area contributed by atoms with E-state index >= 15 is 0 Å². The molecule has 0 bridgehead atoms. The number of likely N-dealkylation sites (N-methyl/N-ethyl adjacent to an activating group) is 1. The summed E-state index contributed by atoms with van der Waals surface area (Å²) < 4.78 is 5.80. The average molecular weight is 455 g/mol. The van der Waals surface area contributed by atoms with E-state index in [9.17, 15) is 14.7 Å². The monoisotopic (exact) mass is 454 g/mol. The highest BCUT2D eigenvalue weighted by atomic mass is 16.5. The molecule has 1 aromatic heterocycles. The van der Waals surface area contributed by atoms with Gasteiger partial charge in [-0.15, -0.1) is 0 Å². The maximum atomic E-state index is 12.5. The Morgan fingerprint density at radius 2 is 1.85 bits per heavy atom. The zero-order chi connectivity index (χ0) is 23.4. The lowest BCUT2D eigenvalue weighted by atomic mass is 10.1. The third-order valence-corrected chi connectivity index (χ3v) is 6.32. The van der Waals surface area contributed by atoms with Crippen LogP contribution in [-0.4, -0.2) is 95.6 Å². The van der Waals surface area contributed by atoms with E-state index in [0.29, 0.717) is 50.7 Å². The van der Waals surface area contributed by atoms with Gasteiger partial charge in [0.15, 0.2) is 17.3 Å². The van der Waals surface area contributed by atoms with Crippen LogP contribution in [0.3, 0.4) is 0 Å². The number of nitrogens with zero attached hydrogens (tertiary/aromatic N) is 5. The van der Waals surface area contributed by atoms with Crippen LogP contribution in [0.2, 0.25) is 0 Å². The van der Waals surface area contributed by atoms with Gasteiger partial charge in [-0.2, -0.15) is 9.97 Å². The number of nitrogen functional groups attached to an aromatic ring is 1. The number of carbonyl (C=O) groups is 2. The Hall–Kier alpha value is -3.24. The lowest BCUT2D eigenvalue weighted by molar-refractivity contribution is 0.0689.